The standard InChI is InChI=1S/C8H10ClNO3S/c1-2-5-3-8(14(11,12)13)7(10)4-6(5)9/h3-4H,2,10H2,1H3,(H,11,12,13). The third kappa shape index (κ3) is 2.17. The highest BCUT2D eigenvalue weighted by molar-refractivity contribution is 7.86. The van der Waals surface area contributed by atoms with Crippen molar-refractivity contribution in [2.75, 3.05) is 5.73 Å². The van der Waals surface area contributed by atoms with Gasteiger partial charge in [-0.2, -0.15) is 8.42 Å². The van der Waals surface area contributed by atoms with Crippen molar-refractivity contribution in [3.05, 3.63) is 22.7 Å². The van der Waals surface area contributed by atoms with Crippen LogP contribution in [0.3, 0.4) is 0 Å². The van der Waals surface area contributed by atoms with Crippen molar-refractivity contribution in [2.24, 2.45) is 0 Å². The van der Waals surface area contributed by atoms with Crippen LogP contribution in [0.2, 0.25) is 5.02 Å². The predicted octanol–water partition coefficient (Wildman–Crippen LogP) is 1.73. The van der Waals surface area contributed by atoms with Crippen LogP contribution in [0, 0.1) is 0 Å². The van der Waals surface area contributed by atoms with Crippen LogP contribution in [0.15, 0.2) is 17.0 Å². The van der Waals surface area contributed by atoms with Gasteiger partial charge in [0.2, 0.25) is 0 Å². The molecule has 0 atom stereocenters. The number of nitrogen functional groups attached to an aromatic ring is 1. The molecule has 14 heavy (non-hydrogen) atoms. The molecule has 0 bridgehead atoms. The molecule has 0 aromatic heterocycles. The smallest absolute Gasteiger partial charge is 0.296 e. The fourth-order valence-electron chi connectivity index (χ4n) is 1.11. The molecule has 0 saturated carbocycles. The van der Waals surface area contributed by atoms with E-state index in [1.165, 1.54) is 12.1 Å². The second-order valence-corrected chi connectivity index (χ2v) is 4.61. The van der Waals surface area contributed by atoms with Gasteiger partial charge < -0.3 is 5.73 Å². The normalized spacial score (nSPS) is 11.6. The molecule has 1 aromatic rings. The lowest BCUT2D eigenvalue weighted by atomic mass is 10.1. The van der Waals surface area contributed by atoms with Gasteiger partial charge >= 0.3 is 0 Å². The second-order valence-electron chi connectivity index (χ2n) is 2.81. The molecule has 0 aliphatic heterocycles. The molecule has 3 N–H and O–H groups in total. The first-order valence-corrected chi connectivity index (χ1v) is 5.73. The summed E-state index contributed by atoms with van der Waals surface area (Å²) in [7, 11) is -4.27. The Labute approximate surface area is 87.4 Å². The maximum atomic E-state index is 10.9. The SMILES string of the molecule is CCc1cc(S(=O)(=O)O)c(N)cc1Cl. The Balaban J connectivity index is 3.47. The minimum Gasteiger partial charge on any atom is -0.398 e. The van der Waals surface area contributed by atoms with Gasteiger partial charge in [-0.15, -0.1) is 0 Å². The average Bonchev–Trinajstić information content (AvgIpc) is 2.02. The van der Waals surface area contributed by atoms with Crippen LogP contribution in [0.25, 0.3) is 0 Å². The van der Waals surface area contributed by atoms with Gasteiger partial charge in [0, 0.05) is 5.02 Å². The summed E-state index contributed by atoms with van der Waals surface area (Å²) in [5.41, 5.74) is 5.99. The Morgan fingerprint density at radius 1 is 1.50 bits per heavy atom. The number of hydrogen-bond donors (Lipinski definition) is 2. The molecule has 6 heteroatoms. The van der Waals surface area contributed by atoms with E-state index in [0.29, 0.717) is 17.0 Å². The van der Waals surface area contributed by atoms with Crippen molar-refractivity contribution in [1.29, 1.82) is 0 Å². The zero-order valence-corrected chi connectivity index (χ0v) is 9.06. The van der Waals surface area contributed by atoms with E-state index in [1.54, 1.807) is 0 Å². The summed E-state index contributed by atoms with van der Waals surface area (Å²) in [4.78, 5) is -0.293. The summed E-state index contributed by atoms with van der Waals surface area (Å²) in [6, 6.07) is 2.61. The number of nitrogens with two attached hydrogens (primary N) is 1. The number of aryl methyl sites for hydroxylation is 1. The highest BCUT2D eigenvalue weighted by Crippen LogP contribution is 2.26. The summed E-state index contributed by atoms with van der Waals surface area (Å²) in [5, 5.41) is 0.400. The summed E-state index contributed by atoms with van der Waals surface area (Å²) in [6.45, 7) is 1.82. The predicted molar refractivity (Wildman–Crippen MR) is 55.1 cm³/mol. The van der Waals surface area contributed by atoms with Crippen molar-refractivity contribution < 1.29 is 13.0 Å². The van der Waals surface area contributed by atoms with E-state index < -0.39 is 10.1 Å². The molecule has 0 amide bonds. The van der Waals surface area contributed by atoms with Gasteiger partial charge in [0.25, 0.3) is 10.1 Å². The first-order chi connectivity index (χ1) is 6.36. The first-order valence-electron chi connectivity index (χ1n) is 3.91. The largest absolute Gasteiger partial charge is 0.398 e. The fraction of sp³-hybridized carbons (Fsp3) is 0.250. The van der Waals surface area contributed by atoms with Crippen LogP contribution in [-0.2, 0) is 16.5 Å². The molecular formula is C8H10ClNO3S. The molecule has 0 radical (unpaired) electrons. The van der Waals surface area contributed by atoms with E-state index in [-0.39, 0.29) is 10.6 Å². The van der Waals surface area contributed by atoms with Gasteiger partial charge in [-0.25, -0.2) is 0 Å². The molecule has 1 aromatic carbocycles. The molecular weight excluding hydrogens is 226 g/mol. The first kappa shape index (κ1) is 11.3. The van der Waals surface area contributed by atoms with Gasteiger partial charge in [0.1, 0.15) is 4.90 Å². The third-order valence-electron chi connectivity index (χ3n) is 1.84. The van der Waals surface area contributed by atoms with Gasteiger partial charge in [-0.1, -0.05) is 18.5 Å². The Kier molecular flexibility index (Phi) is 3.04. The van der Waals surface area contributed by atoms with Crippen molar-refractivity contribution in [3.8, 4) is 0 Å². The zero-order valence-electron chi connectivity index (χ0n) is 7.49. The lowest BCUT2D eigenvalue weighted by Crippen LogP contribution is -2.04. The zero-order chi connectivity index (χ0) is 10.9. The summed E-state index contributed by atoms with van der Waals surface area (Å²) in [6.07, 6.45) is 0.571. The molecule has 0 aliphatic carbocycles. The van der Waals surface area contributed by atoms with Crippen LogP contribution < -0.4 is 5.73 Å². The van der Waals surface area contributed by atoms with Crippen LogP contribution in [0.1, 0.15) is 12.5 Å². The van der Waals surface area contributed by atoms with Crippen LogP contribution in [0.5, 0.6) is 0 Å². The average molecular weight is 236 g/mol. The summed E-state index contributed by atoms with van der Waals surface area (Å²) < 4.78 is 30.6. The molecule has 0 aliphatic rings. The quantitative estimate of drug-likeness (QED) is 0.604. The van der Waals surface area contributed by atoms with E-state index in [4.69, 9.17) is 21.9 Å². The van der Waals surface area contributed by atoms with E-state index in [9.17, 15) is 8.42 Å². The highest BCUT2D eigenvalue weighted by Gasteiger charge is 2.15. The molecule has 0 fully saturated rings. The summed E-state index contributed by atoms with van der Waals surface area (Å²) in [5.74, 6) is 0. The van der Waals surface area contributed by atoms with Crippen molar-refractivity contribution in [3.63, 3.8) is 0 Å². The minimum absolute atomic E-state index is 0.0466. The highest BCUT2D eigenvalue weighted by atomic mass is 35.5. The molecule has 4 nitrogen and oxygen atoms in total. The van der Waals surface area contributed by atoms with Crippen molar-refractivity contribution >= 4 is 27.4 Å². The fourth-order valence-corrected chi connectivity index (χ4v) is 2.06. The Hall–Kier alpha value is -0.780. The lowest BCUT2D eigenvalue weighted by Gasteiger charge is -2.06. The Morgan fingerprint density at radius 3 is 2.50 bits per heavy atom. The maximum absolute atomic E-state index is 10.9. The number of benzene rings is 1. The van der Waals surface area contributed by atoms with E-state index in [1.807, 2.05) is 6.92 Å². The number of hydrogen-bond acceptors (Lipinski definition) is 3. The molecule has 0 spiro atoms. The van der Waals surface area contributed by atoms with Gasteiger partial charge in [0.15, 0.2) is 0 Å². The number of rotatable bonds is 2. The molecule has 78 valence electrons. The van der Waals surface area contributed by atoms with Crippen molar-refractivity contribution in [2.45, 2.75) is 18.2 Å². The van der Waals surface area contributed by atoms with E-state index in [2.05, 4.69) is 0 Å². The Bertz CT molecular complexity index is 456. The van der Waals surface area contributed by atoms with Crippen molar-refractivity contribution in [1.82, 2.24) is 0 Å². The summed E-state index contributed by atoms with van der Waals surface area (Å²) >= 11 is 5.80. The number of halogens is 1. The van der Waals surface area contributed by atoms with Crippen LogP contribution >= 0.6 is 11.6 Å². The third-order valence-corrected chi connectivity index (χ3v) is 3.10. The Morgan fingerprint density at radius 2 is 2.07 bits per heavy atom. The maximum Gasteiger partial charge on any atom is 0.296 e. The minimum atomic E-state index is -4.27. The molecule has 1 rings (SSSR count). The van der Waals surface area contributed by atoms with Crippen LogP contribution in [-0.4, -0.2) is 13.0 Å². The van der Waals surface area contributed by atoms with E-state index in [0.717, 1.165) is 0 Å². The van der Waals surface area contributed by atoms with Gasteiger partial charge in [-0.05, 0) is 24.1 Å². The van der Waals surface area contributed by atoms with Gasteiger partial charge in [0.05, 0.1) is 5.69 Å². The topological polar surface area (TPSA) is 80.4 Å². The molecule has 0 unspecified atom stereocenters. The molecule has 0 heterocycles. The second kappa shape index (κ2) is 3.76. The number of anilines is 1. The van der Waals surface area contributed by atoms with Crippen LogP contribution in [0.4, 0.5) is 5.69 Å². The lowest BCUT2D eigenvalue weighted by molar-refractivity contribution is 0.483. The van der Waals surface area contributed by atoms with E-state index >= 15 is 0 Å². The molecule has 0 saturated heterocycles. The van der Waals surface area contributed by atoms with Gasteiger partial charge in [-0.3, -0.25) is 4.55 Å². The monoisotopic (exact) mass is 235 g/mol.